The highest BCUT2D eigenvalue weighted by atomic mass is 16.1. The molecule has 1 rings (SSSR count). The summed E-state index contributed by atoms with van der Waals surface area (Å²) in [4.78, 5) is 11.7. The zero-order valence-corrected chi connectivity index (χ0v) is 8.42. The zero-order chi connectivity index (χ0) is 10.1. The molecule has 1 saturated carbocycles. The minimum absolute atomic E-state index is 0.0399. The van der Waals surface area contributed by atoms with Gasteiger partial charge >= 0.3 is 0 Å². The third kappa shape index (κ3) is 2.69. The van der Waals surface area contributed by atoms with Gasteiger partial charge in [-0.3, -0.25) is 4.79 Å². The van der Waals surface area contributed by atoms with E-state index in [0.717, 1.165) is 12.8 Å². The smallest absolute Gasteiger partial charge is 0.178 e. The Hall–Kier alpha value is -1.10. The molecule has 0 aliphatic heterocycles. The normalized spacial score (nSPS) is 18.2. The first kappa shape index (κ1) is 9.98. The van der Waals surface area contributed by atoms with Crippen LogP contribution in [0, 0.1) is 22.7 Å². The standard InChI is InChI=1S/C11H15NO/c1-11(2,3)10(13)9(7-12)6-8-4-5-8/h6,8H,4-5H2,1-3H3/b9-6-. The molecule has 2 nitrogen and oxygen atoms in total. The molecule has 70 valence electrons. The van der Waals surface area contributed by atoms with Gasteiger partial charge < -0.3 is 0 Å². The van der Waals surface area contributed by atoms with E-state index in [-0.39, 0.29) is 5.78 Å². The van der Waals surface area contributed by atoms with Gasteiger partial charge in [0.25, 0.3) is 0 Å². The fraction of sp³-hybridized carbons (Fsp3) is 0.636. The van der Waals surface area contributed by atoms with Crippen LogP contribution < -0.4 is 0 Å². The van der Waals surface area contributed by atoms with Gasteiger partial charge in [0.2, 0.25) is 0 Å². The van der Waals surface area contributed by atoms with E-state index < -0.39 is 5.41 Å². The number of carbonyl (C=O) groups excluding carboxylic acids is 1. The second-order valence-corrected chi connectivity index (χ2v) is 4.61. The third-order valence-electron chi connectivity index (χ3n) is 2.07. The topological polar surface area (TPSA) is 40.9 Å². The highest BCUT2D eigenvalue weighted by Gasteiger charge is 2.27. The maximum absolute atomic E-state index is 11.7. The number of Topliss-reactive ketones (excluding diaryl/α,β-unsaturated/α-hetero) is 1. The molecule has 0 bridgehead atoms. The fourth-order valence-electron chi connectivity index (χ4n) is 1.07. The maximum atomic E-state index is 11.7. The average molecular weight is 177 g/mol. The van der Waals surface area contributed by atoms with E-state index in [0.29, 0.717) is 11.5 Å². The summed E-state index contributed by atoms with van der Waals surface area (Å²) in [5, 5.41) is 8.80. The molecular formula is C11H15NO. The summed E-state index contributed by atoms with van der Waals surface area (Å²) in [6.07, 6.45) is 4.08. The van der Waals surface area contributed by atoms with Crippen LogP contribution >= 0.6 is 0 Å². The third-order valence-corrected chi connectivity index (χ3v) is 2.07. The molecule has 0 saturated heterocycles. The fourth-order valence-corrected chi connectivity index (χ4v) is 1.07. The van der Waals surface area contributed by atoms with Gasteiger partial charge in [0.15, 0.2) is 5.78 Å². The summed E-state index contributed by atoms with van der Waals surface area (Å²) in [5.74, 6) is 0.447. The molecular weight excluding hydrogens is 162 g/mol. The Morgan fingerprint density at radius 1 is 1.46 bits per heavy atom. The number of nitrogens with zero attached hydrogens (tertiary/aromatic N) is 1. The lowest BCUT2D eigenvalue weighted by atomic mass is 9.86. The Bertz CT molecular complexity index is 284. The second-order valence-electron chi connectivity index (χ2n) is 4.61. The molecule has 1 aliphatic rings. The lowest BCUT2D eigenvalue weighted by Crippen LogP contribution is -2.21. The summed E-state index contributed by atoms with van der Waals surface area (Å²) in [6, 6.07) is 1.99. The van der Waals surface area contributed by atoms with Crippen molar-refractivity contribution in [3.63, 3.8) is 0 Å². The van der Waals surface area contributed by atoms with Gasteiger partial charge in [0.1, 0.15) is 6.07 Å². The van der Waals surface area contributed by atoms with E-state index in [2.05, 4.69) is 0 Å². The molecule has 1 fully saturated rings. The first-order valence-corrected chi connectivity index (χ1v) is 4.62. The van der Waals surface area contributed by atoms with Crippen molar-refractivity contribution in [1.29, 1.82) is 5.26 Å². The molecule has 0 unspecified atom stereocenters. The molecule has 13 heavy (non-hydrogen) atoms. The molecule has 1 aliphatic carbocycles. The van der Waals surface area contributed by atoms with Crippen LogP contribution in [0.1, 0.15) is 33.6 Å². The average Bonchev–Trinajstić information content (AvgIpc) is 2.80. The van der Waals surface area contributed by atoms with Gasteiger partial charge in [-0.1, -0.05) is 26.8 Å². The number of hydrogen-bond acceptors (Lipinski definition) is 2. The van der Waals surface area contributed by atoms with Crippen molar-refractivity contribution in [2.75, 3.05) is 0 Å². The van der Waals surface area contributed by atoms with Crippen LogP contribution in [0.3, 0.4) is 0 Å². The number of ketones is 1. The predicted octanol–water partition coefficient (Wildman–Crippen LogP) is 2.46. The van der Waals surface area contributed by atoms with E-state index in [1.54, 1.807) is 0 Å². The Balaban J connectivity index is 2.78. The molecule has 0 heterocycles. The minimum Gasteiger partial charge on any atom is -0.293 e. The van der Waals surface area contributed by atoms with Crippen LogP contribution in [0.4, 0.5) is 0 Å². The number of hydrogen-bond donors (Lipinski definition) is 0. The van der Waals surface area contributed by atoms with Gasteiger partial charge in [-0.2, -0.15) is 5.26 Å². The van der Waals surface area contributed by atoms with Gasteiger partial charge in [0.05, 0.1) is 5.57 Å². The molecule has 0 aromatic heterocycles. The monoisotopic (exact) mass is 177 g/mol. The van der Waals surface area contributed by atoms with E-state index in [1.807, 2.05) is 32.9 Å². The Morgan fingerprint density at radius 3 is 2.31 bits per heavy atom. The van der Waals surface area contributed by atoms with E-state index >= 15 is 0 Å². The van der Waals surface area contributed by atoms with Crippen molar-refractivity contribution < 1.29 is 4.79 Å². The van der Waals surface area contributed by atoms with Crippen molar-refractivity contribution in [2.45, 2.75) is 33.6 Å². The van der Waals surface area contributed by atoms with Crippen LogP contribution in [-0.2, 0) is 4.79 Å². The summed E-state index contributed by atoms with van der Waals surface area (Å²) in [6.45, 7) is 5.52. The molecule has 0 amide bonds. The van der Waals surface area contributed by atoms with Crippen molar-refractivity contribution in [3.05, 3.63) is 11.6 Å². The van der Waals surface area contributed by atoms with Crippen molar-refractivity contribution in [3.8, 4) is 6.07 Å². The summed E-state index contributed by atoms with van der Waals surface area (Å²) >= 11 is 0. The van der Waals surface area contributed by atoms with Gasteiger partial charge in [-0.15, -0.1) is 0 Å². The molecule has 0 N–H and O–H groups in total. The van der Waals surface area contributed by atoms with Crippen LogP contribution in [-0.4, -0.2) is 5.78 Å². The first-order valence-electron chi connectivity index (χ1n) is 4.62. The second kappa shape index (κ2) is 3.33. The molecule has 0 spiro atoms. The van der Waals surface area contributed by atoms with E-state index in [1.165, 1.54) is 0 Å². The highest BCUT2D eigenvalue weighted by molar-refractivity contribution is 6.02. The molecule has 2 heteroatoms. The number of nitriles is 1. The SMILES string of the molecule is CC(C)(C)C(=O)/C(C#N)=C\C1CC1. The molecule has 0 radical (unpaired) electrons. The van der Waals surface area contributed by atoms with Crippen LogP contribution in [0.25, 0.3) is 0 Å². The van der Waals surface area contributed by atoms with Crippen molar-refractivity contribution in [2.24, 2.45) is 11.3 Å². The lowest BCUT2D eigenvalue weighted by Gasteiger charge is -2.15. The highest BCUT2D eigenvalue weighted by Crippen LogP contribution is 2.32. The van der Waals surface area contributed by atoms with Crippen LogP contribution in [0.5, 0.6) is 0 Å². The molecule has 0 aromatic rings. The Kier molecular flexibility index (Phi) is 2.56. The van der Waals surface area contributed by atoms with E-state index in [4.69, 9.17) is 5.26 Å². The Morgan fingerprint density at radius 2 is 2.00 bits per heavy atom. The van der Waals surface area contributed by atoms with Gasteiger partial charge in [0, 0.05) is 5.41 Å². The molecule has 0 aromatic carbocycles. The largest absolute Gasteiger partial charge is 0.293 e. The Labute approximate surface area is 79.2 Å². The van der Waals surface area contributed by atoms with E-state index in [9.17, 15) is 4.79 Å². The summed E-state index contributed by atoms with van der Waals surface area (Å²) in [7, 11) is 0. The van der Waals surface area contributed by atoms with Gasteiger partial charge in [-0.25, -0.2) is 0 Å². The lowest BCUT2D eigenvalue weighted by molar-refractivity contribution is -0.122. The van der Waals surface area contributed by atoms with Crippen molar-refractivity contribution in [1.82, 2.24) is 0 Å². The predicted molar refractivity (Wildman–Crippen MR) is 50.9 cm³/mol. The summed E-state index contributed by atoms with van der Waals surface area (Å²) < 4.78 is 0. The maximum Gasteiger partial charge on any atom is 0.178 e. The quantitative estimate of drug-likeness (QED) is 0.480. The van der Waals surface area contributed by atoms with Crippen LogP contribution in [0.2, 0.25) is 0 Å². The number of allylic oxidation sites excluding steroid dienone is 2. The summed E-state index contributed by atoms with van der Waals surface area (Å²) in [5.41, 5.74) is -0.0915. The number of rotatable bonds is 2. The van der Waals surface area contributed by atoms with Gasteiger partial charge in [-0.05, 0) is 18.8 Å². The van der Waals surface area contributed by atoms with Crippen molar-refractivity contribution >= 4 is 5.78 Å². The molecule has 0 atom stereocenters. The minimum atomic E-state index is -0.434. The number of carbonyl (C=O) groups is 1. The van der Waals surface area contributed by atoms with Crippen LogP contribution in [0.15, 0.2) is 11.6 Å². The zero-order valence-electron chi connectivity index (χ0n) is 8.42. The first-order chi connectivity index (χ1) is 5.95.